The number of fused-ring (bicyclic) bond motifs is 1. The van der Waals surface area contributed by atoms with Gasteiger partial charge in [0.15, 0.2) is 5.82 Å². The summed E-state index contributed by atoms with van der Waals surface area (Å²) in [5.74, 6) is 1.22. The van der Waals surface area contributed by atoms with Crippen molar-refractivity contribution in [3.63, 3.8) is 0 Å². The number of benzene rings is 1. The summed E-state index contributed by atoms with van der Waals surface area (Å²) < 4.78 is 7.38. The molecule has 0 radical (unpaired) electrons. The van der Waals surface area contributed by atoms with Gasteiger partial charge in [-0.1, -0.05) is 12.1 Å². The number of nitrogens with zero attached hydrogens (tertiary/aromatic N) is 3. The Labute approximate surface area is 130 Å². The van der Waals surface area contributed by atoms with E-state index in [0.29, 0.717) is 0 Å². The number of aliphatic hydroxyl groups is 1. The Kier molecular flexibility index (Phi) is 4.42. The second-order valence-electron chi connectivity index (χ2n) is 5.93. The smallest absolute Gasteiger partial charge is 0.150 e. The van der Waals surface area contributed by atoms with Gasteiger partial charge in [-0.05, 0) is 23.7 Å². The Hall–Kier alpha value is -1.17. The maximum atomic E-state index is 7.00. The third kappa shape index (κ3) is 2.78. The van der Waals surface area contributed by atoms with Crippen LogP contribution in [-0.2, 0) is 0 Å². The number of piperazine rings is 1. The summed E-state index contributed by atoms with van der Waals surface area (Å²) in [7, 11) is 1.00. The van der Waals surface area contributed by atoms with E-state index in [1.165, 1.54) is 72.5 Å². The number of anilines is 1. The average molecular weight is 306 g/mol. The molecule has 4 nitrogen and oxygen atoms in total. The average Bonchev–Trinajstić information content (AvgIpc) is 3.18. The van der Waals surface area contributed by atoms with Gasteiger partial charge in [-0.25, -0.2) is 0 Å². The lowest BCUT2D eigenvalue weighted by Crippen LogP contribution is -2.58. The Morgan fingerprint density at radius 1 is 1.05 bits per heavy atom. The van der Waals surface area contributed by atoms with Gasteiger partial charge >= 0.3 is 0 Å². The Morgan fingerprint density at radius 2 is 1.71 bits per heavy atom. The van der Waals surface area contributed by atoms with Gasteiger partial charge in [0.05, 0.1) is 44.0 Å². The lowest BCUT2D eigenvalue weighted by atomic mass is 10.2. The van der Waals surface area contributed by atoms with Crippen molar-refractivity contribution < 1.29 is 9.59 Å². The molecule has 0 unspecified atom stereocenters. The summed E-state index contributed by atoms with van der Waals surface area (Å²) in [6, 6.07) is 8.61. The summed E-state index contributed by atoms with van der Waals surface area (Å²) in [6.07, 6.45) is 2.86. The minimum Gasteiger partial charge on any atom is -0.400 e. The fourth-order valence-corrected chi connectivity index (χ4v) is 4.45. The second kappa shape index (κ2) is 6.30. The summed E-state index contributed by atoms with van der Waals surface area (Å²) >= 11 is 1.63. The molecule has 0 bridgehead atoms. The quantitative estimate of drug-likeness (QED) is 0.822. The molecule has 2 saturated heterocycles. The minimum absolute atomic E-state index is 1.00. The van der Waals surface area contributed by atoms with Gasteiger partial charge in [0, 0.05) is 25.3 Å². The van der Waals surface area contributed by atoms with E-state index in [4.69, 9.17) is 9.48 Å². The highest BCUT2D eigenvalue weighted by Gasteiger charge is 2.36. The van der Waals surface area contributed by atoms with Crippen LogP contribution in [0.5, 0.6) is 0 Å². The molecule has 4 rings (SSSR count). The zero-order valence-electron chi connectivity index (χ0n) is 12.7. The van der Waals surface area contributed by atoms with E-state index in [2.05, 4.69) is 29.2 Å². The normalized spacial score (nSPS) is 20.6. The summed E-state index contributed by atoms with van der Waals surface area (Å²) in [6.45, 7) is 7.79. The number of aromatic nitrogens is 1. The van der Waals surface area contributed by atoms with E-state index in [1.807, 2.05) is 0 Å². The van der Waals surface area contributed by atoms with Gasteiger partial charge in [0.2, 0.25) is 0 Å². The molecule has 21 heavy (non-hydrogen) atoms. The van der Waals surface area contributed by atoms with Crippen molar-refractivity contribution in [1.82, 2.24) is 4.37 Å². The molecule has 2 fully saturated rings. The maximum absolute atomic E-state index is 7.00. The molecule has 1 aromatic carbocycles. The van der Waals surface area contributed by atoms with Gasteiger partial charge in [-0.3, -0.25) is 0 Å². The number of aliphatic hydroxyl groups excluding tert-OH is 1. The van der Waals surface area contributed by atoms with E-state index in [9.17, 15) is 0 Å². The van der Waals surface area contributed by atoms with Crippen molar-refractivity contribution >= 4 is 27.4 Å². The zero-order chi connectivity index (χ0) is 14.7. The first-order chi connectivity index (χ1) is 10.4. The number of rotatable bonds is 1. The van der Waals surface area contributed by atoms with Crippen LogP contribution in [0, 0.1) is 0 Å². The highest BCUT2D eigenvalue weighted by Crippen LogP contribution is 2.31. The first-order valence-electron chi connectivity index (χ1n) is 7.76. The minimum atomic E-state index is 1.00. The zero-order valence-corrected chi connectivity index (χ0v) is 13.5. The number of hydrogen-bond acceptors (Lipinski definition) is 4. The summed E-state index contributed by atoms with van der Waals surface area (Å²) in [5.41, 5.74) is 0. The third-order valence-corrected chi connectivity index (χ3v) is 5.68. The summed E-state index contributed by atoms with van der Waals surface area (Å²) in [5, 5.41) is 8.34. The Bertz CT molecular complexity index is 582. The molecule has 3 heterocycles. The molecular formula is C16H24N3OS+. The molecule has 0 atom stereocenters. The predicted octanol–water partition coefficient (Wildman–Crippen LogP) is 2.34. The molecule has 1 N–H and O–H groups in total. The lowest BCUT2D eigenvalue weighted by molar-refractivity contribution is -0.917. The van der Waals surface area contributed by atoms with Crippen molar-refractivity contribution in [3.05, 3.63) is 24.3 Å². The molecule has 1 spiro atoms. The van der Waals surface area contributed by atoms with Crippen molar-refractivity contribution in [2.75, 3.05) is 51.3 Å². The molecule has 2 aromatic rings. The predicted molar refractivity (Wildman–Crippen MR) is 88.9 cm³/mol. The molecule has 5 heteroatoms. The largest absolute Gasteiger partial charge is 0.400 e. The highest BCUT2D eigenvalue weighted by molar-refractivity contribution is 7.13. The fraction of sp³-hybridized carbons (Fsp3) is 0.562. The van der Waals surface area contributed by atoms with Gasteiger partial charge in [0.25, 0.3) is 0 Å². The van der Waals surface area contributed by atoms with Crippen LogP contribution in [0.1, 0.15) is 12.8 Å². The van der Waals surface area contributed by atoms with Crippen molar-refractivity contribution in [2.45, 2.75) is 12.8 Å². The summed E-state index contributed by atoms with van der Waals surface area (Å²) in [4.78, 5) is 2.50. The topological polar surface area (TPSA) is 36.4 Å². The molecule has 0 saturated carbocycles. The number of quaternary nitrogens is 1. The molecular weight excluding hydrogens is 282 g/mol. The fourth-order valence-electron chi connectivity index (χ4n) is 3.66. The van der Waals surface area contributed by atoms with Crippen LogP contribution in [0.15, 0.2) is 24.3 Å². The van der Waals surface area contributed by atoms with E-state index in [0.717, 1.165) is 7.11 Å². The van der Waals surface area contributed by atoms with Gasteiger partial charge in [0.1, 0.15) is 0 Å². The van der Waals surface area contributed by atoms with E-state index >= 15 is 0 Å². The van der Waals surface area contributed by atoms with Crippen molar-refractivity contribution in [1.29, 1.82) is 0 Å². The van der Waals surface area contributed by atoms with E-state index < -0.39 is 0 Å². The van der Waals surface area contributed by atoms with Crippen LogP contribution in [0.4, 0.5) is 5.82 Å². The standard InChI is InChI=1S/C15H20N3S.CH4O/c1-2-6-14-13(5-1)15(16-19-14)17-7-11-18(12-8-17)9-3-4-10-18;1-2/h1-2,5-6H,3-4,7-12H2;2H,1H3/q+1;. The monoisotopic (exact) mass is 306 g/mol. The van der Waals surface area contributed by atoms with Crippen LogP contribution in [-0.4, -0.2) is 60.3 Å². The molecule has 114 valence electrons. The van der Waals surface area contributed by atoms with Crippen LogP contribution < -0.4 is 4.90 Å². The van der Waals surface area contributed by atoms with Gasteiger partial charge in [-0.15, -0.1) is 0 Å². The SMILES string of the molecule is CO.c1ccc2c(N3CC[N+]4(CCCC4)CC3)nsc2c1. The molecule has 2 aliphatic heterocycles. The van der Waals surface area contributed by atoms with E-state index in [-0.39, 0.29) is 0 Å². The number of hydrogen-bond donors (Lipinski definition) is 1. The van der Waals surface area contributed by atoms with Gasteiger partial charge < -0.3 is 14.5 Å². The van der Waals surface area contributed by atoms with Crippen LogP contribution in [0.3, 0.4) is 0 Å². The van der Waals surface area contributed by atoms with Crippen LogP contribution in [0.25, 0.3) is 10.1 Å². The molecule has 0 aliphatic carbocycles. The van der Waals surface area contributed by atoms with Gasteiger partial charge in [-0.2, -0.15) is 4.37 Å². The van der Waals surface area contributed by atoms with Crippen LogP contribution in [0.2, 0.25) is 0 Å². The Morgan fingerprint density at radius 3 is 2.43 bits per heavy atom. The maximum Gasteiger partial charge on any atom is 0.150 e. The van der Waals surface area contributed by atoms with Crippen molar-refractivity contribution in [2.24, 2.45) is 0 Å². The lowest BCUT2D eigenvalue weighted by Gasteiger charge is -2.42. The molecule has 0 amide bonds. The van der Waals surface area contributed by atoms with Crippen LogP contribution >= 0.6 is 11.5 Å². The molecule has 2 aliphatic rings. The van der Waals surface area contributed by atoms with Crippen molar-refractivity contribution in [3.8, 4) is 0 Å². The Balaban J connectivity index is 0.000000636. The van der Waals surface area contributed by atoms with E-state index in [1.54, 1.807) is 11.5 Å². The molecule has 1 aromatic heterocycles. The third-order valence-electron chi connectivity index (χ3n) is 4.86. The first-order valence-corrected chi connectivity index (χ1v) is 8.53. The first kappa shape index (κ1) is 14.8. The second-order valence-corrected chi connectivity index (χ2v) is 6.74. The highest BCUT2D eigenvalue weighted by atomic mass is 32.1.